The highest BCUT2D eigenvalue weighted by molar-refractivity contribution is 6.30. The molecule has 0 bridgehead atoms. The van der Waals surface area contributed by atoms with Crippen molar-refractivity contribution >= 4 is 11.6 Å². The summed E-state index contributed by atoms with van der Waals surface area (Å²) in [5.74, 6) is 1.02. The van der Waals surface area contributed by atoms with Crippen LogP contribution in [-0.4, -0.2) is 18.6 Å². The zero-order valence-corrected chi connectivity index (χ0v) is 13.1. The minimum atomic E-state index is 0.222. The summed E-state index contributed by atoms with van der Waals surface area (Å²) < 4.78 is 5.80. The first-order valence-corrected chi connectivity index (χ1v) is 7.58. The lowest BCUT2D eigenvalue weighted by molar-refractivity contribution is 0.352. The van der Waals surface area contributed by atoms with Crippen LogP contribution in [-0.2, 0) is 12.8 Å². The molecular formula is C17H19ClN2O. The zero-order valence-electron chi connectivity index (χ0n) is 12.3. The molecule has 1 aromatic heterocycles. The molecular weight excluding hydrogens is 284 g/mol. The molecule has 0 spiro atoms. The van der Waals surface area contributed by atoms with Crippen LogP contribution in [0, 0.1) is 6.92 Å². The lowest BCUT2D eigenvalue weighted by Gasteiger charge is -2.20. The topological polar surface area (TPSA) is 34.1 Å². The molecule has 3 rings (SSSR count). The fraction of sp³-hybridized carbons (Fsp3) is 0.353. The predicted molar refractivity (Wildman–Crippen MR) is 85.1 cm³/mol. The second kappa shape index (κ2) is 6.04. The summed E-state index contributed by atoms with van der Waals surface area (Å²) in [7, 11) is 1.98. The maximum atomic E-state index is 6.25. The van der Waals surface area contributed by atoms with Gasteiger partial charge in [-0.2, -0.15) is 0 Å². The molecule has 1 aromatic carbocycles. The Morgan fingerprint density at radius 1 is 1.43 bits per heavy atom. The van der Waals surface area contributed by atoms with Gasteiger partial charge >= 0.3 is 0 Å². The molecule has 0 saturated heterocycles. The monoisotopic (exact) mass is 302 g/mol. The first-order valence-electron chi connectivity index (χ1n) is 7.21. The van der Waals surface area contributed by atoms with E-state index in [2.05, 4.69) is 23.3 Å². The van der Waals surface area contributed by atoms with Crippen molar-refractivity contribution in [3.05, 3.63) is 57.9 Å². The van der Waals surface area contributed by atoms with Gasteiger partial charge in [0.25, 0.3) is 0 Å². The van der Waals surface area contributed by atoms with E-state index in [1.807, 2.05) is 31.6 Å². The van der Waals surface area contributed by atoms with Crippen molar-refractivity contribution in [3.8, 4) is 5.75 Å². The molecule has 2 aromatic rings. The van der Waals surface area contributed by atoms with Gasteiger partial charge in [0, 0.05) is 29.9 Å². The van der Waals surface area contributed by atoms with Gasteiger partial charge in [0.05, 0.1) is 6.61 Å². The Labute approximate surface area is 130 Å². The average molecular weight is 303 g/mol. The van der Waals surface area contributed by atoms with Crippen molar-refractivity contribution < 1.29 is 4.74 Å². The number of fused-ring (bicyclic) bond motifs is 1. The van der Waals surface area contributed by atoms with Crippen molar-refractivity contribution in [1.82, 2.24) is 10.3 Å². The van der Waals surface area contributed by atoms with E-state index in [4.69, 9.17) is 16.3 Å². The molecule has 1 atom stereocenters. The molecule has 0 aliphatic carbocycles. The van der Waals surface area contributed by atoms with Crippen molar-refractivity contribution in [1.29, 1.82) is 0 Å². The smallest absolute Gasteiger partial charge is 0.125 e. The number of hydrogen-bond donors (Lipinski definition) is 1. The number of rotatable bonds is 4. The molecule has 0 saturated carbocycles. The van der Waals surface area contributed by atoms with Crippen LogP contribution in [0.2, 0.25) is 5.02 Å². The van der Waals surface area contributed by atoms with E-state index in [-0.39, 0.29) is 6.04 Å². The van der Waals surface area contributed by atoms with Crippen LogP contribution in [0.4, 0.5) is 0 Å². The van der Waals surface area contributed by atoms with Crippen LogP contribution in [0.25, 0.3) is 0 Å². The van der Waals surface area contributed by atoms with Gasteiger partial charge in [-0.25, -0.2) is 0 Å². The Morgan fingerprint density at radius 3 is 3.05 bits per heavy atom. The van der Waals surface area contributed by atoms with Crippen LogP contribution in [0.5, 0.6) is 5.75 Å². The Bertz CT molecular complexity index is 657. The van der Waals surface area contributed by atoms with Gasteiger partial charge in [0.1, 0.15) is 5.75 Å². The highest BCUT2D eigenvalue weighted by atomic mass is 35.5. The summed E-state index contributed by atoms with van der Waals surface area (Å²) in [6.45, 7) is 2.84. The third-order valence-electron chi connectivity index (χ3n) is 4.04. The lowest BCUT2D eigenvalue weighted by atomic mass is 9.95. The molecule has 0 fully saturated rings. The maximum Gasteiger partial charge on any atom is 0.125 e. The van der Waals surface area contributed by atoms with E-state index in [0.29, 0.717) is 0 Å². The van der Waals surface area contributed by atoms with Gasteiger partial charge in [-0.05, 0) is 60.8 Å². The van der Waals surface area contributed by atoms with Gasteiger partial charge in [-0.3, -0.25) is 4.98 Å². The molecule has 1 aliphatic heterocycles. The van der Waals surface area contributed by atoms with Crippen molar-refractivity contribution in [3.63, 3.8) is 0 Å². The van der Waals surface area contributed by atoms with Crippen LogP contribution >= 0.6 is 11.6 Å². The van der Waals surface area contributed by atoms with Gasteiger partial charge in [-0.15, -0.1) is 0 Å². The van der Waals surface area contributed by atoms with Crippen LogP contribution < -0.4 is 10.1 Å². The Morgan fingerprint density at radius 2 is 2.29 bits per heavy atom. The summed E-state index contributed by atoms with van der Waals surface area (Å²) in [4.78, 5) is 4.17. The largest absolute Gasteiger partial charge is 0.493 e. The summed E-state index contributed by atoms with van der Waals surface area (Å²) >= 11 is 6.25. The highest BCUT2D eigenvalue weighted by Gasteiger charge is 2.21. The number of ether oxygens (including phenoxy) is 1. The summed E-state index contributed by atoms with van der Waals surface area (Å²) in [5.41, 5.74) is 4.85. The van der Waals surface area contributed by atoms with Crippen molar-refractivity contribution in [2.75, 3.05) is 13.7 Å². The molecule has 3 nitrogen and oxygen atoms in total. The number of nitrogens with one attached hydrogen (secondary N) is 1. The first-order chi connectivity index (χ1) is 10.2. The van der Waals surface area contributed by atoms with Crippen molar-refractivity contribution in [2.45, 2.75) is 25.8 Å². The van der Waals surface area contributed by atoms with E-state index in [1.165, 1.54) is 22.3 Å². The normalized spacial score (nSPS) is 14.6. The number of aromatic nitrogens is 1. The van der Waals surface area contributed by atoms with Gasteiger partial charge < -0.3 is 10.1 Å². The number of aryl methyl sites for hydroxylation is 1. The molecule has 1 aliphatic rings. The number of hydrogen-bond acceptors (Lipinski definition) is 3. The van der Waals surface area contributed by atoms with Gasteiger partial charge in [0.2, 0.25) is 0 Å². The molecule has 1 N–H and O–H groups in total. The number of halogens is 1. The lowest BCUT2D eigenvalue weighted by Crippen LogP contribution is -2.20. The summed E-state index contributed by atoms with van der Waals surface area (Å²) in [6.07, 6.45) is 5.54. The minimum Gasteiger partial charge on any atom is -0.493 e. The van der Waals surface area contributed by atoms with Crippen LogP contribution in [0.3, 0.4) is 0 Å². The van der Waals surface area contributed by atoms with E-state index >= 15 is 0 Å². The van der Waals surface area contributed by atoms with E-state index in [9.17, 15) is 0 Å². The Balaban J connectivity index is 1.94. The summed E-state index contributed by atoms with van der Waals surface area (Å²) in [6, 6.07) is 6.33. The number of likely N-dealkylation sites (N-methyl/N-ethyl adjacent to an activating group) is 1. The molecule has 110 valence electrons. The quantitative estimate of drug-likeness (QED) is 0.939. The van der Waals surface area contributed by atoms with Crippen LogP contribution in [0.1, 0.15) is 28.3 Å². The average Bonchev–Trinajstić information content (AvgIpc) is 2.93. The predicted octanol–water partition coefficient (Wildman–Crippen LogP) is 3.48. The van der Waals surface area contributed by atoms with Crippen LogP contribution in [0.15, 0.2) is 30.6 Å². The third kappa shape index (κ3) is 2.89. The summed E-state index contributed by atoms with van der Waals surface area (Å²) in [5, 5.41) is 4.18. The maximum absolute atomic E-state index is 6.25. The third-order valence-corrected chi connectivity index (χ3v) is 4.26. The van der Waals surface area contributed by atoms with E-state index in [1.54, 1.807) is 0 Å². The second-order valence-electron chi connectivity index (χ2n) is 5.43. The molecule has 1 unspecified atom stereocenters. The van der Waals surface area contributed by atoms with E-state index in [0.717, 1.165) is 30.2 Å². The SMILES string of the molecule is CNC(Cc1cc(Cl)cc2c1OCC2)c1ccncc1C. The van der Waals surface area contributed by atoms with E-state index < -0.39 is 0 Å². The van der Waals surface area contributed by atoms with Gasteiger partial charge in [0.15, 0.2) is 0 Å². The second-order valence-corrected chi connectivity index (χ2v) is 5.87. The fourth-order valence-electron chi connectivity index (χ4n) is 2.96. The molecule has 21 heavy (non-hydrogen) atoms. The minimum absolute atomic E-state index is 0.222. The number of pyridine rings is 1. The molecule has 2 heterocycles. The Kier molecular flexibility index (Phi) is 4.13. The highest BCUT2D eigenvalue weighted by Crippen LogP contribution is 2.35. The molecule has 0 amide bonds. The fourth-order valence-corrected chi connectivity index (χ4v) is 3.22. The zero-order chi connectivity index (χ0) is 14.8. The number of nitrogens with zero attached hydrogens (tertiary/aromatic N) is 1. The molecule has 0 radical (unpaired) electrons. The van der Waals surface area contributed by atoms with Gasteiger partial charge in [-0.1, -0.05) is 11.6 Å². The first kappa shape index (κ1) is 14.4. The number of benzene rings is 1. The molecule has 4 heteroatoms. The Hall–Kier alpha value is -1.58. The standard InChI is InChI=1S/C17H19ClN2O/c1-11-10-20-5-3-15(11)16(19-2)9-13-8-14(18)7-12-4-6-21-17(12)13/h3,5,7-8,10,16,19H,4,6,9H2,1-2H3. The van der Waals surface area contributed by atoms with Crippen molar-refractivity contribution in [2.24, 2.45) is 0 Å².